The van der Waals surface area contributed by atoms with Crippen LogP contribution in [0.1, 0.15) is 27.2 Å². The molecule has 0 bridgehead atoms. The summed E-state index contributed by atoms with van der Waals surface area (Å²) in [5.74, 6) is 0. The van der Waals surface area contributed by atoms with Crippen LogP contribution in [0.5, 0.6) is 0 Å². The quantitative estimate of drug-likeness (QED) is 0.379. The van der Waals surface area contributed by atoms with Crippen LogP contribution in [0.4, 0.5) is 0 Å². The van der Waals surface area contributed by atoms with Crippen LogP contribution in [0.15, 0.2) is 73.7 Å². The van der Waals surface area contributed by atoms with E-state index in [0.29, 0.717) is 0 Å². The first-order valence-electron chi connectivity index (χ1n) is 8.71. The summed E-state index contributed by atoms with van der Waals surface area (Å²) in [5, 5.41) is -0.395. The molecule has 0 aliphatic heterocycles. The van der Waals surface area contributed by atoms with Crippen molar-refractivity contribution in [3.8, 4) is 0 Å². The van der Waals surface area contributed by atoms with Gasteiger partial charge in [-0.2, -0.15) is 0 Å². The average Bonchev–Trinajstić information content (AvgIpc) is 2.61. The average molecular weight is 393 g/mol. The molecule has 0 radical (unpaired) electrons. The van der Waals surface area contributed by atoms with E-state index >= 15 is 0 Å². The molecule has 0 aromatic rings. The van der Waals surface area contributed by atoms with Crippen molar-refractivity contribution in [1.82, 2.24) is 0 Å². The van der Waals surface area contributed by atoms with Crippen molar-refractivity contribution < 1.29 is 8.85 Å². The lowest BCUT2D eigenvalue weighted by molar-refractivity contribution is 0.116. The molecule has 0 aromatic heterocycles. The van der Waals surface area contributed by atoms with Gasteiger partial charge in [0.2, 0.25) is 8.32 Å². The van der Waals surface area contributed by atoms with Crippen molar-refractivity contribution in [2.75, 3.05) is 0 Å². The summed E-state index contributed by atoms with van der Waals surface area (Å²) in [6.45, 7) is 34.6. The predicted octanol–water partition coefficient (Wildman–Crippen LogP) is 5.61. The zero-order chi connectivity index (χ0) is 19.9. The second-order valence-corrected chi connectivity index (χ2v) is 18.5. The molecule has 0 heterocycles. The largest absolute Gasteiger partial charge is 0.414 e. The van der Waals surface area contributed by atoms with Crippen LogP contribution in [-0.2, 0) is 8.85 Å². The molecule has 0 spiro atoms. The first-order valence-corrected chi connectivity index (χ1v) is 16.1. The molecule has 0 aliphatic carbocycles. The molecular weight excluding hydrogens is 356 g/mol. The standard InChI is InChI=1S/C20H36O2Si3/c1-12-20(9,22-25(16-5,17-6)18-7)23(10,11)21-19(8)24(13-2,14-3)15-4/h13-19H,2-7,12H2,1,8-11H3. The minimum absolute atomic E-state index is 0.00315. The highest BCUT2D eigenvalue weighted by Gasteiger charge is 2.50. The molecule has 0 rings (SSSR count). The van der Waals surface area contributed by atoms with E-state index in [-0.39, 0.29) is 5.73 Å². The van der Waals surface area contributed by atoms with Crippen molar-refractivity contribution in [2.24, 2.45) is 0 Å². The van der Waals surface area contributed by atoms with E-state index < -0.39 is 29.9 Å². The molecule has 0 aliphatic rings. The minimum atomic E-state index is -2.41. The van der Waals surface area contributed by atoms with E-state index in [9.17, 15) is 0 Å². The molecule has 0 fully saturated rings. The molecule has 140 valence electrons. The lowest BCUT2D eigenvalue weighted by Crippen LogP contribution is -2.63. The van der Waals surface area contributed by atoms with Gasteiger partial charge in [-0.3, -0.25) is 0 Å². The normalized spacial score (nSPS) is 16.2. The molecule has 0 saturated carbocycles. The summed E-state index contributed by atoms with van der Waals surface area (Å²) in [6, 6.07) is 0. The summed E-state index contributed by atoms with van der Waals surface area (Å²) >= 11 is 0. The fraction of sp³-hybridized carbons (Fsp3) is 0.400. The van der Waals surface area contributed by atoms with Gasteiger partial charge in [-0.15, -0.1) is 39.5 Å². The summed E-state index contributed by atoms with van der Waals surface area (Å²) in [7, 11) is -6.79. The molecule has 0 N–H and O–H groups in total. The Kier molecular flexibility index (Phi) is 8.73. The maximum Gasteiger partial charge on any atom is 0.265 e. The highest BCUT2D eigenvalue weighted by atomic mass is 28.4. The van der Waals surface area contributed by atoms with Gasteiger partial charge in [-0.1, -0.05) is 41.1 Å². The van der Waals surface area contributed by atoms with Gasteiger partial charge in [0.15, 0.2) is 8.07 Å². The summed E-state index contributed by atoms with van der Waals surface area (Å²) in [5.41, 5.74) is 11.5. The smallest absolute Gasteiger partial charge is 0.265 e. The fourth-order valence-electron chi connectivity index (χ4n) is 2.80. The monoisotopic (exact) mass is 392 g/mol. The third-order valence-corrected chi connectivity index (χ3v) is 16.3. The van der Waals surface area contributed by atoms with Gasteiger partial charge in [0.1, 0.15) is 0 Å². The van der Waals surface area contributed by atoms with Crippen LogP contribution >= 0.6 is 0 Å². The highest BCUT2D eigenvalue weighted by molar-refractivity contribution is 6.94. The maximum atomic E-state index is 6.69. The Morgan fingerprint density at radius 3 is 1.56 bits per heavy atom. The third kappa shape index (κ3) is 4.80. The van der Waals surface area contributed by atoms with Crippen LogP contribution in [0, 0.1) is 0 Å². The van der Waals surface area contributed by atoms with E-state index in [1.165, 1.54) is 0 Å². The molecular formula is C20H36O2Si3. The molecule has 0 saturated heterocycles. The Bertz CT molecular complexity index is 496. The van der Waals surface area contributed by atoms with Crippen LogP contribution in [0.25, 0.3) is 0 Å². The second-order valence-electron chi connectivity index (χ2n) is 7.04. The summed E-state index contributed by atoms with van der Waals surface area (Å²) in [6.07, 6.45) is 0.841. The van der Waals surface area contributed by atoms with Crippen molar-refractivity contribution in [1.29, 1.82) is 0 Å². The molecule has 0 amide bonds. The molecule has 2 unspecified atom stereocenters. The van der Waals surface area contributed by atoms with Gasteiger partial charge < -0.3 is 8.85 Å². The Labute approximate surface area is 158 Å². The molecule has 2 nitrogen and oxygen atoms in total. The molecule has 0 aromatic carbocycles. The van der Waals surface area contributed by atoms with Crippen LogP contribution < -0.4 is 0 Å². The third-order valence-electron chi connectivity index (χ3n) is 5.54. The van der Waals surface area contributed by atoms with E-state index in [2.05, 4.69) is 73.3 Å². The van der Waals surface area contributed by atoms with Crippen molar-refractivity contribution in [3.63, 3.8) is 0 Å². The number of hydrogen-bond donors (Lipinski definition) is 0. The first-order chi connectivity index (χ1) is 11.5. The van der Waals surface area contributed by atoms with Crippen molar-refractivity contribution in [3.05, 3.63) is 73.7 Å². The van der Waals surface area contributed by atoms with Crippen molar-refractivity contribution >= 4 is 24.7 Å². The highest BCUT2D eigenvalue weighted by Crippen LogP contribution is 2.35. The van der Waals surface area contributed by atoms with Gasteiger partial charge in [0.25, 0.3) is 8.32 Å². The van der Waals surface area contributed by atoms with Crippen LogP contribution in [0.3, 0.4) is 0 Å². The van der Waals surface area contributed by atoms with E-state index in [4.69, 9.17) is 8.85 Å². The molecule has 5 heteroatoms. The summed E-state index contributed by atoms with van der Waals surface area (Å²) < 4.78 is 13.4. The molecule has 25 heavy (non-hydrogen) atoms. The Hall–Kier alpha value is -0.989. The summed E-state index contributed by atoms with van der Waals surface area (Å²) in [4.78, 5) is 0. The van der Waals surface area contributed by atoms with E-state index in [1.807, 2.05) is 34.2 Å². The number of rotatable bonds is 13. The zero-order valence-corrected chi connectivity index (χ0v) is 19.8. The zero-order valence-electron chi connectivity index (χ0n) is 16.8. The van der Waals surface area contributed by atoms with Gasteiger partial charge in [0.05, 0.1) is 5.22 Å². The minimum Gasteiger partial charge on any atom is -0.414 e. The van der Waals surface area contributed by atoms with E-state index in [1.54, 1.807) is 0 Å². The lowest BCUT2D eigenvalue weighted by Gasteiger charge is -2.48. The Balaban J connectivity index is 5.83. The van der Waals surface area contributed by atoms with Gasteiger partial charge in [-0.25, -0.2) is 0 Å². The lowest BCUT2D eigenvalue weighted by atomic mass is 10.3. The number of hydrogen-bond acceptors (Lipinski definition) is 2. The van der Waals surface area contributed by atoms with Gasteiger partial charge in [-0.05, 0) is 33.4 Å². The van der Waals surface area contributed by atoms with Crippen LogP contribution in [-0.4, -0.2) is 35.7 Å². The van der Waals surface area contributed by atoms with Crippen LogP contribution in [0.2, 0.25) is 13.1 Å². The van der Waals surface area contributed by atoms with Gasteiger partial charge >= 0.3 is 0 Å². The maximum absolute atomic E-state index is 6.69. The second kappa shape index (κ2) is 9.09. The van der Waals surface area contributed by atoms with E-state index in [0.717, 1.165) is 6.42 Å². The van der Waals surface area contributed by atoms with Crippen molar-refractivity contribution in [2.45, 2.75) is 51.2 Å². The SMILES string of the molecule is C=C[Si](C=C)(C=C)OC(C)(CC)[Si](C)(C)OC(C)[Si](C=C)(C=C)C=C. The Morgan fingerprint density at radius 1 is 0.880 bits per heavy atom. The van der Waals surface area contributed by atoms with Gasteiger partial charge in [0, 0.05) is 5.73 Å². The fourth-order valence-corrected chi connectivity index (χ4v) is 11.2. The predicted molar refractivity (Wildman–Crippen MR) is 121 cm³/mol. The molecule has 2 atom stereocenters. The Morgan fingerprint density at radius 2 is 1.28 bits per heavy atom. The topological polar surface area (TPSA) is 18.5 Å². The first kappa shape index (κ1) is 24.0.